The Bertz CT molecular complexity index is 272. The molecule has 0 aromatic heterocycles. The monoisotopic (exact) mass is 279 g/mol. The van der Waals surface area contributed by atoms with E-state index in [1.165, 1.54) is 64.3 Å². The van der Waals surface area contributed by atoms with E-state index in [1.807, 2.05) is 0 Å². The zero-order valence-electron chi connectivity index (χ0n) is 14.4. The standard InChI is InChI=1S/C19H37N/c1-5-12-20-18-11-10-17(19(2,3)4)14-16(18)13-15-8-6-7-9-15/h15-18,20H,5-14H2,1-4H3. The van der Waals surface area contributed by atoms with E-state index in [1.54, 1.807) is 0 Å². The van der Waals surface area contributed by atoms with Crippen molar-refractivity contribution in [3.05, 3.63) is 0 Å². The molecule has 1 N–H and O–H groups in total. The predicted octanol–water partition coefficient (Wildman–Crippen LogP) is 5.40. The van der Waals surface area contributed by atoms with Gasteiger partial charge < -0.3 is 5.32 Å². The van der Waals surface area contributed by atoms with Crippen LogP contribution < -0.4 is 5.32 Å². The summed E-state index contributed by atoms with van der Waals surface area (Å²) in [5.74, 6) is 2.93. The zero-order chi connectivity index (χ0) is 14.6. The van der Waals surface area contributed by atoms with Crippen molar-refractivity contribution in [1.29, 1.82) is 0 Å². The Hall–Kier alpha value is -0.0400. The largest absolute Gasteiger partial charge is 0.314 e. The van der Waals surface area contributed by atoms with Gasteiger partial charge in [-0.1, -0.05) is 53.4 Å². The molecule has 0 aliphatic heterocycles. The topological polar surface area (TPSA) is 12.0 Å². The number of hydrogen-bond acceptors (Lipinski definition) is 1. The van der Waals surface area contributed by atoms with Gasteiger partial charge in [-0.3, -0.25) is 0 Å². The van der Waals surface area contributed by atoms with Crippen molar-refractivity contribution in [2.45, 2.75) is 91.5 Å². The number of nitrogens with one attached hydrogen (secondary N) is 1. The highest BCUT2D eigenvalue weighted by atomic mass is 14.9. The number of hydrogen-bond donors (Lipinski definition) is 1. The second-order valence-electron chi connectivity index (χ2n) is 8.58. The van der Waals surface area contributed by atoms with E-state index in [4.69, 9.17) is 0 Å². The molecule has 2 aliphatic carbocycles. The third-order valence-corrected chi connectivity index (χ3v) is 5.97. The van der Waals surface area contributed by atoms with Crippen LogP contribution in [0.2, 0.25) is 0 Å². The molecule has 0 saturated heterocycles. The highest BCUT2D eigenvalue weighted by Crippen LogP contribution is 2.44. The summed E-state index contributed by atoms with van der Waals surface area (Å²) in [5, 5.41) is 3.87. The fourth-order valence-electron chi connectivity index (χ4n) is 4.58. The van der Waals surface area contributed by atoms with Crippen molar-refractivity contribution < 1.29 is 0 Å². The van der Waals surface area contributed by atoms with Gasteiger partial charge in [-0.2, -0.15) is 0 Å². The van der Waals surface area contributed by atoms with Crippen molar-refractivity contribution in [3.8, 4) is 0 Å². The summed E-state index contributed by atoms with van der Waals surface area (Å²) in [5.41, 5.74) is 0.504. The first-order chi connectivity index (χ1) is 9.50. The van der Waals surface area contributed by atoms with Gasteiger partial charge in [0.15, 0.2) is 0 Å². The van der Waals surface area contributed by atoms with Gasteiger partial charge in [-0.05, 0) is 61.8 Å². The van der Waals surface area contributed by atoms with Gasteiger partial charge in [-0.25, -0.2) is 0 Å². The molecule has 0 aromatic rings. The summed E-state index contributed by atoms with van der Waals surface area (Å²) in [7, 11) is 0. The molecular weight excluding hydrogens is 242 g/mol. The second-order valence-corrected chi connectivity index (χ2v) is 8.58. The van der Waals surface area contributed by atoms with Gasteiger partial charge in [0.2, 0.25) is 0 Å². The van der Waals surface area contributed by atoms with Crippen molar-refractivity contribution in [2.75, 3.05) is 6.54 Å². The molecule has 2 saturated carbocycles. The molecule has 20 heavy (non-hydrogen) atoms. The molecule has 118 valence electrons. The third-order valence-electron chi connectivity index (χ3n) is 5.97. The van der Waals surface area contributed by atoms with Crippen LogP contribution in [0, 0.1) is 23.2 Å². The fourth-order valence-corrected chi connectivity index (χ4v) is 4.58. The first kappa shape index (κ1) is 16.3. The Morgan fingerprint density at radius 1 is 1.00 bits per heavy atom. The van der Waals surface area contributed by atoms with Gasteiger partial charge in [-0.15, -0.1) is 0 Å². The average molecular weight is 280 g/mol. The van der Waals surface area contributed by atoms with Crippen LogP contribution in [0.3, 0.4) is 0 Å². The van der Waals surface area contributed by atoms with Crippen molar-refractivity contribution in [1.82, 2.24) is 5.32 Å². The Morgan fingerprint density at radius 3 is 2.30 bits per heavy atom. The Kier molecular flexibility index (Phi) is 5.95. The molecule has 0 spiro atoms. The molecule has 2 aliphatic rings. The molecular formula is C19H37N. The molecule has 0 radical (unpaired) electrons. The van der Waals surface area contributed by atoms with E-state index in [2.05, 4.69) is 33.0 Å². The van der Waals surface area contributed by atoms with Gasteiger partial charge in [0.1, 0.15) is 0 Å². The van der Waals surface area contributed by atoms with Gasteiger partial charge in [0.25, 0.3) is 0 Å². The quantitative estimate of drug-likeness (QED) is 0.710. The maximum atomic E-state index is 3.87. The summed E-state index contributed by atoms with van der Waals surface area (Å²) in [6, 6.07) is 0.814. The van der Waals surface area contributed by atoms with Crippen LogP contribution in [0.25, 0.3) is 0 Å². The highest BCUT2D eigenvalue weighted by molar-refractivity contribution is 4.90. The van der Waals surface area contributed by atoms with Crippen molar-refractivity contribution >= 4 is 0 Å². The minimum Gasteiger partial charge on any atom is -0.314 e. The van der Waals surface area contributed by atoms with E-state index in [-0.39, 0.29) is 0 Å². The smallest absolute Gasteiger partial charge is 0.00956 e. The SMILES string of the molecule is CCCNC1CCC(C(C)(C)C)CC1CC1CCCC1. The second kappa shape index (κ2) is 7.29. The lowest BCUT2D eigenvalue weighted by Gasteiger charge is -2.43. The minimum absolute atomic E-state index is 0.504. The van der Waals surface area contributed by atoms with Crippen LogP contribution in [-0.2, 0) is 0 Å². The van der Waals surface area contributed by atoms with Gasteiger partial charge >= 0.3 is 0 Å². The lowest BCUT2D eigenvalue weighted by Crippen LogP contribution is -2.43. The fraction of sp³-hybridized carbons (Fsp3) is 1.00. The maximum Gasteiger partial charge on any atom is 0.00956 e. The van der Waals surface area contributed by atoms with E-state index in [0.29, 0.717) is 5.41 Å². The Morgan fingerprint density at radius 2 is 1.70 bits per heavy atom. The Balaban J connectivity index is 1.94. The molecule has 0 bridgehead atoms. The lowest BCUT2D eigenvalue weighted by atomic mass is 9.66. The molecule has 0 amide bonds. The highest BCUT2D eigenvalue weighted by Gasteiger charge is 2.36. The van der Waals surface area contributed by atoms with Crippen LogP contribution in [0.4, 0.5) is 0 Å². The van der Waals surface area contributed by atoms with Gasteiger partial charge in [0, 0.05) is 6.04 Å². The van der Waals surface area contributed by atoms with Crippen molar-refractivity contribution in [3.63, 3.8) is 0 Å². The molecule has 0 aromatic carbocycles. The lowest BCUT2D eigenvalue weighted by molar-refractivity contribution is 0.100. The zero-order valence-corrected chi connectivity index (χ0v) is 14.4. The molecule has 2 fully saturated rings. The summed E-state index contributed by atoms with van der Waals surface area (Å²) in [6.45, 7) is 10.9. The van der Waals surface area contributed by atoms with Crippen molar-refractivity contribution in [2.24, 2.45) is 23.2 Å². The van der Waals surface area contributed by atoms with E-state index >= 15 is 0 Å². The summed E-state index contributed by atoms with van der Waals surface area (Å²) in [4.78, 5) is 0. The summed E-state index contributed by atoms with van der Waals surface area (Å²) in [6.07, 6.45) is 13.1. The van der Waals surface area contributed by atoms with E-state index in [9.17, 15) is 0 Å². The van der Waals surface area contributed by atoms with Gasteiger partial charge in [0.05, 0.1) is 0 Å². The predicted molar refractivity (Wildman–Crippen MR) is 88.9 cm³/mol. The van der Waals surface area contributed by atoms with E-state index in [0.717, 1.165) is 23.8 Å². The Labute approximate surface area is 127 Å². The first-order valence-electron chi connectivity index (χ1n) is 9.24. The maximum absolute atomic E-state index is 3.87. The minimum atomic E-state index is 0.504. The first-order valence-corrected chi connectivity index (χ1v) is 9.24. The third kappa shape index (κ3) is 4.48. The molecule has 2 rings (SSSR count). The molecule has 0 heterocycles. The molecule has 3 atom stereocenters. The molecule has 1 heteroatoms. The van der Waals surface area contributed by atoms with Crippen LogP contribution in [-0.4, -0.2) is 12.6 Å². The van der Waals surface area contributed by atoms with E-state index < -0.39 is 0 Å². The van der Waals surface area contributed by atoms with Crippen LogP contribution in [0.5, 0.6) is 0 Å². The van der Waals surface area contributed by atoms with Crippen LogP contribution >= 0.6 is 0 Å². The number of rotatable bonds is 5. The molecule has 1 nitrogen and oxygen atoms in total. The summed E-state index contributed by atoms with van der Waals surface area (Å²) >= 11 is 0. The average Bonchev–Trinajstić information content (AvgIpc) is 2.89. The normalized spacial score (nSPS) is 32.7. The van der Waals surface area contributed by atoms with Crippen LogP contribution in [0.15, 0.2) is 0 Å². The summed E-state index contributed by atoms with van der Waals surface area (Å²) < 4.78 is 0. The van der Waals surface area contributed by atoms with Crippen LogP contribution in [0.1, 0.15) is 85.5 Å². The molecule has 3 unspecified atom stereocenters.